The second kappa shape index (κ2) is 9.15. The summed E-state index contributed by atoms with van der Waals surface area (Å²) in [5.41, 5.74) is 3.68. The van der Waals surface area contributed by atoms with Crippen LogP contribution in [0.4, 0.5) is 0 Å². The third-order valence-electron chi connectivity index (χ3n) is 3.29. The van der Waals surface area contributed by atoms with Crippen molar-refractivity contribution in [3.8, 4) is 0 Å². The van der Waals surface area contributed by atoms with Crippen LogP contribution < -0.4 is 0 Å². The Kier molecular flexibility index (Phi) is 7.19. The van der Waals surface area contributed by atoms with Gasteiger partial charge in [0.25, 0.3) is 0 Å². The SMILES string of the molecule is COC(=O)C(CSc1nc(C)cc(C)n1)CSc1nc(C)cc(C)n1. The number of methoxy groups -OCH3 is 1. The fraction of sp³-hybridized carbons (Fsp3) is 0.471. The highest BCUT2D eigenvalue weighted by Gasteiger charge is 2.21. The minimum absolute atomic E-state index is 0.242. The largest absolute Gasteiger partial charge is 0.469 e. The maximum atomic E-state index is 12.1. The fourth-order valence-electron chi connectivity index (χ4n) is 2.22. The van der Waals surface area contributed by atoms with Gasteiger partial charge in [0.15, 0.2) is 10.3 Å². The third-order valence-corrected chi connectivity index (χ3v) is 5.30. The van der Waals surface area contributed by atoms with E-state index in [1.54, 1.807) is 0 Å². The van der Waals surface area contributed by atoms with Gasteiger partial charge >= 0.3 is 5.97 Å². The van der Waals surface area contributed by atoms with Crippen LogP contribution >= 0.6 is 23.5 Å². The molecule has 0 fully saturated rings. The molecule has 0 aliphatic heterocycles. The molecule has 25 heavy (non-hydrogen) atoms. The Morgan fingerprint density at radius 3 is 1.56 bits per heavy atom. The number of aromatic nitrogens is 4. The highest BCUT2D eigenvalue weighted by atomic mass is 32.2. The number of nitrogens with zero attached hydrogens (tertiary/aromatic N) is 4. The summed E-state index contributed by atoms with van der Waals surface area (Å²) in [7, 11) is 1.41. The lowest BCUT2D eigenvalue weighted by atomic mass is 10.2. The van der Waals surface area contributed by atoms with Crippen LogP contribution in [0, 0.1) is 33.6 Å². The molecule has 2 aromatic heterocycles. The molecule has 0 aliphatic rings. The first-order valence-electron chi connectivity index (χ1n) is 7.85. The van der Waals surface area contributed by atoms with E-state index in [0.29, 0.717) is 21.8 Å². The monoisotopic (exact) mass is 378 g/mol. The molecule has 0 bridgehead atoms. The Balaban J connectivity index is 2.02. The number of hydrogen-bond acceptors (Lipinski definition) is 8. The molecule has 8 heteroatoms. The molecule has 2 rings (SSSR count). The molecule has 2 aromatic rings. The van der Waals surface area contributed by atoms with E-state index in [4.69, 9.17) is 4.74 Å². The van der Waals surface area contributed by atoms with Crippen molar-refractivity contribution in [3.63, 3.8) is 0 Å². The molecule has 0 amide bonds. The van der Waals surface area contributed by atoms with E-state index in [1.807, 2.05) is 39.8 Å². The van der Waals surface area contributed by atoms with Crippen LogP contribution in [0.2, 0.25) is 0 Å². The Bertz CT molecular complexity index is 659. The topological polar surface area (TPSA) is 77.9 Å². The zero-order chi connectivity index (χ0) is 18.4. The van der Waals surface area contributed by atoms with E-state index in [-0.39, 0.29) is 11.9 Å². The summed E-state index contributed by atoms with van der Waals surface area (Å²) in [4.78, 5) is 29.7. The van der Waals surface area contributed by atoms with Crippen LogP contribution in [-0.2, 0) is 9.53 Å². The van der Waals surface area contributed by atoms with Gasteiger partial charge in [0.2, 0.25) is 0 Å². The highest BCUT2D eigenvalue weighted by molar-refractivity contribution is 8.00. The van der Waals surface area contributed by atoms with E-state index in [0.717, 1.165) is 22.8 Å². The van der Waals surface area contributed by atoms with E-state index in [9.17, 15) is 4.79 Å². The Hall–Kier alpha value is -1.67. The molecule has 0 spiro atoms. The maximum Gasteiger partial charge on any atom is 0.310 e. The predicted molar refractivity (Wildman–Crippen MR) is 100.0 cm³/mol. The van der Waals surface area contributed by atoms with Crippen molar-refractivity contribution in [2.75, 3.05) is 18.6 Å². The van der Waals surface area contributed by atoms with Gasteiger partial charge in [-0.1, -0.05) is 23.5 Å². The zero-order valence-corrected chi connectivity index (χ0v) is 16.7. The second-order valence-electron chi connectivity index (χ2n) is 5.71. The van der Waals surface area contributed by atoms with Gasteiger partial charge in [-0.3, -0.25) is 4.79 Å². The molecule has 2 heterocycles. The predicted octanol–water partition coefficient (Wildman–Crippen LogP) is 3.17. The molecule has 134 valence electrons. The lowest BCUT2D eigenvalue weighted by Crippen LogP contribution is -2.21. The molecule has 0 atom stereocenters. The summed E-state index contributed by atoms with van der Waals surface area (Å²) in [6.45, 7) is 7.74. The summed E-state index contributed by atoms with van der Waals surface area (Å²) >= 11 is 2.93. The van der Waals surface area contributed by atoms with Crippen molar-refractivity contribution in [2.45, 2.75) is 38.0 Å². The van der Waals surface area contributed by atoms with E-state index < -0.39 is 0 Å². The Labute approximate surface area is 156 Å². The average molecular weight is 379 g/mol. The lowest BCUT2D eigenvalue weighted by molar-refractivity contribution is -0.143. The van der Waals surface area contributed by atoms with Crippen molar-refractivity contribution < 1.29 is 9.53 Å². The normalized spacial score (nSPS) is 11.0. The van der Waals surface area contributed by atoms with Gasteiger partial charge < -0.3 is 4.74 Å². The molecule has 0 unspecified atom stereocenters. The Morgan fingerprint density at radius 2 is 1.24 bits per heavy atom. The average Bonchev–Trinajstić information content (AvgIpc) is 2.52. The molecule has 0 aliphatic carbocycles. The van der Waals surface area contributed by atoms with Crippen LogP contribution in [0.1, 0.15) is 22.8 Å². The number of carbonyl (C=O) groups excluding carboxylic acids is 1. The number of ether oxygens (including phenoxy) is 1. The van der Waals surface area contributed by atoms with E-state index in [2.05, 4.69) is 19.9 Å². The summed E-state index contributed by atoms with van der Waals surface area (Å²) < 4.78 is 4.94. The summed E-state index contributed by atoms with van der Waals surface area (Å²) in [5, 5.41) is 1.36. The minimum Gasteiger partial charge on any atom is -0.469 e. The maximum absolute atomic E-state index is 12.1. The number of aryl methyl sites for hydroxylation is 4. The van der Waals surface area contributed by atoms with Crippen LogP contribution in [-0.4, -0.2) is 44.5 Å². The van der Waals surface area contributed by atoms with Crippen molar-refractivity contribution in [1.82, 2.24) is 19.9 Å². The van der Waals surface area contributed by atoms with Crippen molar-refractivity contribution in [3.05, 3.63) is 34.9 Å². The first kappa shape index (κ1) is 19.7. The van der Waals surface area contributed by atoms with Gasteiger partial charge in [0.05, 0.1) is 13.0 Å². The fourth-order valence-corrected chi connectivity index (χ4v) is 4.41. The van der Waals surface area contributed by atoms with Crippen molar-refractivity contribution in [2.24, 2.45) is 5.92 Å². The zero-order valence-electron chi connectivity index (χ0n) is 15.1. The molecule has 0 radical (unpaired) electrons. The van der Waals surface area contributed by atoms with Gasteiger partial charge in [-0.25, -0.2) is 19.9 Å². The molecule has 0 saturated heterocycles. The number of rotatable bonds is 7. The van der Waals surface area contributed by atoms with Gasteiger partial charge in [0, 0.05) is 34.3 Å². The smallest absolute Gasteiger partial charge is 0.310 e. The van der Waals surface area contributed by atoms with Crippen molar-refractivity contribution in [1.29, 1.82) is 0 Å². The highest BCUT2D eigenvalue weighted by Crippen LogP contribution is 2.24. The van der Waals surface area contributed by atoms with Gasteiger partial charge in [0.1, 0.15) is 0 Å². The van der Waals surface area contributed by atoms with Gasteiger partial charge in [-0.15, -0.1) is 0 Å². The molecule has 0 N–H and O–H groups in total. The van der Waals surface area contributed by atoms with E-state index in [1.165, 1.54) is 30.6 Å². The lowest BCUT2D eigenvalue weighted by Gasteiger charge is -2.13. The number of thioether (sulfide) groups is 2. The number of esters is 1. The van der Waals surface area contributed by atoms with Crippen LogP contribution in [0.15, 0.2) is 22.4 Å². The molecule has 0 aromatic carbocycles. The molecular weight excluding hydrogens is 356 g/mol. The Morgan fingerprint density at radius 1 is 0.880 bits per heavy atom. The van der Waals surface area contributed by atoms with Gasteiger partial charge in [-0.05, 0) is 39.8 Å². The number of carbonyl (C=O) groups is 1. The van der Waals surface area contributed by atoms with Crippen LogP contribution in [0.25, 0.3) is 0 Å². The first-order chi connectivity index (χ1) is 11.9. The summed E-state index contributed by atoms with van der Waals surface area (Å²) in [6.07, 6.45) is 0. The quantitative estimate of drug-likeness (QED) is 0.413. The van der Waals surface area contributed by atoms with E-state index >= 15 is 0 Å². The minimum atomic E-state index is -0.283. The molecular formula is C17H22N4O2S2. The summed E-state index contributed by atoms with van der Waals surface area (Å²) in [5.74, 6) is 0.573. The van der Waals surface area contributed by atoms with Crippen LogP contribution in [0.5, 0.6) is 0 Å². The summed E-state index contributed by atoms with van der Waals surface area (Å²) in [6, 6.07) is 3.85. The standard InChI is InChI=1S/C17H22N4O2S2/c1-10-6-11(2)19-16(18-10)24-8-14(15(22)23-5)9-25-17-20-12(3)7-13(4)21-17/h6-7,14H,8-9H2,1-5H3. The molecule has 6 nitrogen and oxygen atoms in total. The molecule has 0 saturated carbocycles. The number of hydrogen-bond donors (Lipinski definition) is 0. The first-order valence-corrected chi connectivity index (χ1v) is 9.82. The second-order valence-corrected chi connectivity index (χ2v) is 7.68. The third kappa shape index (κ3) is 6.28. The van der Waals surface area contributed by atoms with Crippen LogP contribution in [0.3, 0.4) is 0 Å². The van der Waals surface area contributed by atoms with Gasteiger partial charge in [-0.2, -0.15) is 0 Å². The van der Waals surface area contributed by atoms with Crippen molar-refractivity contribution >= 4 is 29.5 Å².